The zero-order valence-electron chi connectivity index (χ0n) is 19.6. The molecule has 0 unspecified atom stereocenters. The van der Waals surface area contributed by atoms with Crippen molar-refractivity contribution in [2.24, 2.45) is 13.0 Å². The Labute approximate surface area is 197 Å². The van der Waals surface area contributed by atoms with Gasteiger partial charge in [0.15, 0.2) is 11.6 Å². The molecule has 2 amide bonds. The zero-order valence-corrected chi connectivity index (χ0v) is 19.6. The molecule has 1 aliphatic rings. The Bertz CT molecular complexity index is 1160. The summed E-state index contributed by atoms with van der Waals surface area (Å²) < 4.78 is 21.6. The lowest BCUT2D eigenvalue weighted by atomic mass is 9.91. The summed E-state index contributed by atoms with van der Waals surface area (Å²) in [4.78, 5) is 30.3. The fraction of sp³-hybridized carbons (Fsp3) is 0.458. The second-order valence-electron chi connectivity index (χ2n) is 8.79. The Morgan fingerprint density at radius 2 is 1.94 bits per heavy atom. The second kappa shape index (κ2) is 10.1. The van der Waals surface area contributed by atoms with Crippen LogP contribution in [-0.2, 0) is 11.8 Å². The van der Waals surface area contributed by atoms with E-state index in [9.17, 15) is 14.0 Å². The number of nitrogens with one attached hydrogen (secondary N) is 2. The first-order valence-corrected chi connectivity index (χ1v) is 11.5. The van der Waals surface area contributed by atoms with E-state index in [1.165, 1.54) is 23.1 Å². The van der Waals surface area contributed by atoms with Crippen molar-refractivity contribution in [1.29, 1.82) is 0 Å². The van der Waals surface area contributed by atoms with Crippen LogP contribution in [0.15, 0.2) is 29.0 Å². The van der Waals surface area contributed by atoms with E-state index in [0.29, 0.717) is 28.3 Å². The number of hydrogen-bond donors (Lipinski definition) is 2. The highest BCUT2D eigenvalue weighted by Gasteiger charge is 2.32. The molecule has 0 bridgehead atoms. The summed E-state index contributed by atoms with van der Waals surface area (Å²) in [6, 6.07) is 2.07. The van der Waals surface area contributed by atoms with Gasteiger partial charge in [-0.3, -0.25) is 14.3 Å². The molecule has 1 atom stereocenters. The van der Waals surface area contributed by atoms with E-state index in [2.05, 4.69) is 25.9 Å². The van der Waals surface area contributed by atoms with Gasteiger partial charge in [0.05, 0.1) is 5.69 Å². The molecule has 4 rings (SSSR count). The summed E-state index contributed by atoms with van der Waals surface area (Å²) in [5.41, 5.74) is 2.15. The third-order valence-corrected chi connectivity index (χ3v) is 6.40. The van der Waals surface area contributed by atoms with Crippen LogP contribution in [-0.4, -0.2) is 37.8 Å². The highest BCUT2D eigenvalue weighted by atomic mass is 19.1. The number of aromatic nitrogens is 4. The number of anilines is 1. The number of amides is 2. The van der Waals surface area contributed by atoms with E-state index in [1.807, 2.05) is 0 Å². The number of pyridine rings is 1. The summed E-state index contributed by atoms with van der Waals surface area (Å²) in [5.74, 6) is -1.24. The van der Waals surface area contributed by atoms with Crippen molar-refractivity contribution >= 4 is 17.6 Å². The Morgan fingerprint density at radius 3 is 2.53 bits per heavy atom. The number of aryl methyl sites for hydroxylation is 3. The van der Waals surface area contributed by atoms with Gasteiger partial charge in [-0.25, -0.2) is 9.37 Å². The summed E-state index contributed by atoms with van der Waals surface area (Å²) >= 11 is 0. The van der Waals surface area contributed by atoms with Crippen LogP contribution in [0.3, 0.4) is 0 Å². The van der Waals surface area contributed by atoms with Crippen LogP contribution in [0, 0.1) is 25.6 Å². The van der Waals surface area contributed by atoms with Gasteiger partial charge in [-0.05, 0) is 44.7 Å². The van der Waals surface area contributed by atoms with Gasteiger partial charge in [-0.15, -0.1) is 0 Å². The van der Waals surface area contributed by atoms with E-state index in [1.54, 1.807) is 27.0 Å². The van der Waals surface area contributed by atoms with Crippen molar-refractivity contribution in [1.82, 2.24) is 25.2 Å². The minimum Gasteiger partial charge on any atom is -0.361 e. The summed E-state index contributed by atoms with van der Waals surface area (Å²) in [6.07, 6.45) is 8.77. The number of carbonyl (C=O) groups is 2. The first kappa shape index (κ1) is 23.6. The van der Waals surface area contributed by atoms with Crippen molar-refractivity contribution < 1.29 is 18.5 Å². The minimum absolute atomic E-state index is 0.0516. The highest BCUT2D eigenvalue weighted by Crippen LogP contribution is 2.29. The summed E-state index contributed by atoms with van der Waals surface area (Å²) in [6.45, 7) is 3.51. The average molecular weight is 469 g/mol. The number of carbonyl (C=O) groups excluding carboxylic acids is 2. The topological polar surface area (TPSA) is 115 Å². The standard InChI is InChI=1S/C24H29FN6O3/c1-14-20(15(2)34-30-14)17-12-18(25)22(26-13-17)29-24(33)21(16-8-6-4-5-7-9-16)28-23(32)19-10-11-27-31(19)3/h10-13,16,21H,4-9H2,1-3H3,(H,28,32)(H,26,29,33)/t21-/m0/s1. The smallest absolute Gasteiger partial charge is 0.270 e. The van der Waals surface area contributed by atoms with E-state index < -0.39 is 23.7 Å². The normalized spacial score (nSPS) is 15.5. The van der Waals surface area contributed by atoms with Crippen molar-refractivity contribution in [3.63, 3.8) is 0 Å². The molecular formula is C24H29FN6O3. The summed E-state index contributed by atoms with van der Waals surface area (Å²) in [7, 11) is 1.66. The number of nitrogens with zero attached hydrogens (tertiary/aromatic N) is 4. The molecule has 1 aliphatic carbocycles. The molecule has 0 aliphatic heterocycles. The second-order valence-corrected chi connectivity index (χ2v) is 8.79. The van der Waals surface area contributed by atoms with Gasteiger partial charge in [-0.2, -0.15) is 5.10 Å². The Morgan fingerprint density at radius 1 is 1.21 bits per heavy atom. The predicted octanol–water partition coefficient (Wildman–Crippen LogP) is 3.93. The predicted molar refractivity (Wildman–Crippen MR) is 123 cm³/mol. The van der Waals surface area contributed by atoms with Gasteiger partial charge in [0, 0.05) is 30.6 Å². The molecule has 1 fully saturated rings. The number of halogens is 1. The van der Waals surface area contributed by atoms with Crippen molar-refractivity contribution in [2.45, 2.75) is 58.4 Å². The molecule has 3 aromatic heterocycles. The first-order chi connectivity index (χ1) is 16.3. The van der Waals surface area contributed by atoms with Crippen LogP contribution in [0.2, 0.25) is 0 Å². The first-order valence-electron chi connectivity index (χ1n) is 11.5. The fourth-order valence-corrected chi connectivity index (χ4v) is 4.61. The van der Waals surface area contributed by atoms with Crippen LogP contribution in [0.1, 0.15) is 60.5 Å². The van der Waals surface area contributed by atoms with Crippen molar-refractivity contribution in [2.75, 3.05) is 5.32 Å². The quantitative estimate of drug-likeness (QED) is 0.530. The highest BCUT2D eigenvalue weighted by molar-refractivity contribution is 6.00. The average Bonchev–Trinajstić information content (AvgIpc) is 3.26. The molecule has 180 valence electrons. The SMILES string of the molecule is Cc1noc(C)c1-c1cnc(NC(=O)[C@@H](NC(=O)c2ccnn2C)C2CCCCCC2)c(F)c1. The van der Waals surface area contributed by atoms with Crippen LogP contribution < -0.4 is 10.6 Å². The van der Waals surface area contributed by atoms with Gasteiger partial charge in [-0.1, -0.05) is 30.8 Å². The maximum absolute atomic E-state index is 14.9. The van der Waals surface area contributed by atoms with Gasteiger partial charge < -0.3 is 15.2 Å². The molecule has 1 saturated carbocycles. The van der Waals surface area contributed by atoms with E-state index >= 15 is 0 Å². The lowest BCUT2D eigenvalue weighted by Crippen LogP contribution is -2.49. The Balaban J connectivity index is 1.56. The molecule has 9 nitrogen and oxygen atoms in total. The van der Waals surface area contributed by atoms with Gasteiger partial charge >= 0.3 is 0 Å². The van der Waals surface area contributed by atoms with E-state index in [-0.39, 0.29) is 11.7 Å². The van der Waals surface area contributed by atoms with Crippen molar-refractivity contribution in [3.05, 3.63) is 47.5 Å². The number of rotatable bonds is 6. The fourth-order valence-electron chi connectivity index (χ4n) is 4.61. The van der Waals surface area contributed by atoms with E-state index in [4.69, 9.17) is 4.52 Å². The molecule has 0 radical (unpaired) electrons. The van der Waals surface area contributed by atoms with Gasteiger partial charge in [0.2, 0.25) is 5.91 Å². The van der Waals surface area contributed by atoms with Crippen LogP contribution >= 0.6 is 0 Å². The van der Waals surface area contributed by atoms with Crippen LogP contribution in [0.4, 0.5) is 10.2 Å². The molecule has 3 heterocycles. The third kappa shape index (κ3) is 5.00. The summed E-state index contributed by atoms with van der Waals surface area (Å²) in [5, 5.41) is 13.4. The molecule has 0 saturated heterocycles. The lowest BCUT2D eigenvalue weighted by molar-refractivity contribution is -0.119. The van der Waals surface area contributed by atoms with Gasteiger partial charge in [0.25, 0.3) is 5.91 Å². The Hall–Kier alpha value is -3.56. The minimum atomic E-state index is -0.816. The molecule has 0 spiro atoms. The molecular weight excluding hydrogens is 439 g/mol. The monoisotopic (exact) mass is 468 g/mol. The zero-order chi connectivity index (χ0) is 24.2. The van der Waals surface area contributed by atoms with Crippen LogP contribution in [0.5, 0.6) is 0 Å². The van der Waals surface area contributed by atoms with Crippen molar-refractivity contribution in [3.8, 4) is 11.1 Å². The molecule has 2 N–H and O–H groups in total. The number of hydrogen-bond acceptors (Lipinski definition) is 6. The largest absolute Gasteiger partial charge is 0.361 e. The lowest BCUT2D eigenvalue weighted by Gasteiger charge is -2.26. The molecule has 10 heteroatoms. The molecule has 34 heavy (non-hydrogen) atoms. The maximum Gasteiger partial charge on any atom is 0.270 e. The van der Waals surface area contributed by atoms with E-state index in [0.717, 1.165) is 38.5 Å². The molecule has 0 aromatic carbocycles. The maximum atomic E-state index is 14.9. The molecule has 3 aromatic rings. The van der Waals surface area contributed by atoms with Gasteiger partial charge in [0.1, 0.15) is 17.5 Å². The third-order valence-electron chi connectivity index (χ3n) is 6.40. The Kier molecular flexibility index (Phi) is 7.04. The van der Waals surface area contributed by atoms with Crippen LogP contribution in [0.25, 0.3) is 11.1 Å².